The van der Waals surface area contributed by atoms with E-state index in [1.807, 2.05) is 37.3 Å². The quantitative estimate of drug-likeness (QED) is 0.897. The second-order valence-corrected chi connectivity index (χ2v) is 4.10. The van der Waals surface area contributed by atoms with Crippen molar-refractivity contribution in [3.63, 3.8) is 0 Å². The molecule has 2 aromatic rings. The van der Waals surface area contributed by atoms with E-state index in [9.17, 15) is 5.11 Å². The SMILES string of the molecule is Cc1nc(COc2ccccc2)ncc1[C@@H](C)O. The molecule has 0 fully saturated rings. The van der Waals surface area contributed by atoms with Crippen molar-refractivity contribution in [1.29, 1.82) is 0 Å². The van der Waals surface area contributed by atoms with E-state index in [0.29, 0.717) is 12.4 Å². The zero-order chi connectivity index (χ0) is 13.0. The van der Waals surface area contributed by atoms with Gasteiger partial charge in [0.15, 0.2) is 5.82 Å². The van der Waals surface area contributed by atoms with Crippen molar-refractivity contribution in [2.75, 3.05) is 0 Å². The summed E-state index contributed by atoms with van der Waals surface area (Å²) in [4.78, 5) is 8.49. The Morgan fingerprint density at radius 1 is 1.28 bits per heavy atom. The summed E-state index contributed by atoms with van der Waals surface area (Å²) < 4.78 is 5.56. The van der Waals surface area contributed by atoms with Gasteiger partial charge in [-0.05, 0) is 26.0 Å². The number of aromatic nitrogens is 2. The molecule has 0 aliphatic rings. The van der Waals surface area contributed by atoms with E-state index in [1.54, 1.807) is 13.1 Å². The predicted molar refractivity (Wildman–Crippen MR) is 68.2 cm³/mol. The van der Waals surface area contributed by atoms with Gasteiger partial charge >= 0.3 is 0 Å². The van der Waals surface area contributed by atoms with Crippen LogP contribution in [0.5, 0.6) is 5.75 Å². The number of rotatable bonds is 4. The fraction of sp³-hybridized carbons (Fsp3) is 0.286. The molecule has 1 atom stereocenters. The Kier molecular flexibility index (Phi) is 3.89. The van der Waals surface area contributed by atoms with Crippen LogP contribution in [0, 0.1) is 6.92 Å². The minimum atomic E-state index is -0.547. The lowest BCUT2D eigenvalue weighted by Crippen LogP contribution is -2.06. The maximum absolute atomic E-state index is 9.49. The van der Waals surface area contributed by atoms with E-state index in [-0.39, 0.29) is 0 Å². The number of aryl methyl sites for hydroxylation is 1. The Morgan fingerprint density at radius 2 is 2.00 bits per heavy atom. The molecule has 1 N–H and O–H groups in total. The van der Waals surface area contributed by atoms with Crippen LogP contribution in [0.1, 0.15) is 30.1 Å². The summed E-state index contributed by atoms with van der Waals surface area (Å²) in [6, 6.07) is 9.54. The van der Waals surface area contributed by atoms with Gasteiger partial charge in [-0.3, -0.25) is 0 Å². The van der Waals surface area contributed by atoms with Gasteiger partial charge in [-0.2, -0.15) is 0 Å². The molecule has 94 valence electrons. The zero-order valence-corrected chi connectivity index (χ0v) is 10.5. The molecule has 0 spiro atoms. The van der Waals surface area contributed by atoms with E-state index >= 15 is 0 Å². The highest BCUT2D eigenvalue weighted by atomic mass is 16.5. The normalized spacial score (nSPS) is 12.2. The van der Waals surface area contributed by atoms with Crippen LogP contribution in [0.2, 0.25) is 0 Å². The Bertz CT molecular complexity index is 512. The lowest BCUT2D eigenvalue weighted by molar-refractivity contribution is 0.197. The van der Waals surface area contributed by atoms with E-state index in [2.05, 4.69) is 9.97 Å². The van der Waals surface area contributed by atoms with Crippen LogP contribution in [0.15, 0.2) is 36.5 Å². The third kappa shape index (κ3) is 3.05. The van der Waals surface area contributed by atoms with Crippen molar-refractivity contribution in [2.24, 2.45) is 0 Å². The molecule has 1 aromatic carbocycles. The van der Waals surface area contributed by atoms with Crippen LogP contribution in [0.25, 0.3) is 0 Å². The van der Waals surface area contributed by atoms with Crippen LogP contribution in [0.4, 0.5) is 0 Å². The summed E-state index contributed by atoms with van der Waals surface area (Å²) in [5.74, 6) is 1.40. The van der Waals surface area contributed by atoms with Crippen molar-refractivity contribution in [1.82, 2.24) is 9.97 Å². The van der Waals surface area contributed by atoms with Gasteiger partial charge in [0.2, 0.25) is 0 Å². The van der Waals surface area contributed by atoms with Gasteiger partial charge in [0, 0.05) is 17.5 Å². The first kappa shape index (κ1) is 12.5. The van der Waals surface area contributed by atoms with Gasteiger partial charge < -0.3 is 9.84 Å². The van der Waals surface area contributed by atoms with Crippen molar-refractivity contribution < 1.29 is 9.84 Å². The molecule has 0 saturated carbocycles. The summed E-state index contributed by atoms with van der Waals surface area (Å²) in [6.07, 6.45) is 1.10. The van der Waals surface area contributed by atoms with E-state index in [1.165, 1.54) is 0 Å². The summed E-state index contributed by atoms with van der Waals surface area (Å²) in [6.45, 7) is 3.88. The number of para-hydroxylation sites is 1. The molecule has 0 radical (unpaired) electrons. The van der Waals surface area contributed by atoms with Crippen molar-refractivity contribution in [3.8, 4) is 5.75 Å². The summed E-state index contributed by atoms with van der Waals surface area (Å²) >= 11 is 0. The van der Waals surface area contributed by atoms with Crippen molar-refractivity contribution >= 4 is 0 Å². The van der Waals surface area contributed by atoms with Crippen molar-refractivity contribution in [3.05, 3.63) is 53.6 Å². The summed E-state index contributed by atoms with van der Waals surface area (Å²) in [7, 11) is 0. The molecule has 0 amide bonds. The molecule has 4 heteroatoms. The molecule has 2 rings (SSSR count). The molecule has 18 heavy (non-hydrogen) atoms. The summed E-state index contributed by atoms with van der Waals surface area (Å²) in [5.41, 5.74) is 1.53. The molecule has 1 aromatic heterocycles. The first-order valence-corrected chi connectivity index (χ1v) is 5.85. The van der Waals surface area contributed by atoms with E-state index in [0.717, 1.165) is 17.0 Å². The van der Waals surface area contributed by atoms with Crippen LogP contribution in [-0.2, 0) is 6.61 Å². The Balaban J connectivity index is 2.05. The lowest BCUT2D eigenvalue weighted by Gasteiger charge is -2.09. The molecule has 4 nitrogen and oxygen atoms in total. The van der Waals surface area contributed by atoms with Crippen LogP contribution in [-0.4, -0.2) is 15.1 Å². The molecule has 0 unspecified atom stereocenters. The molecule has 0 aliphatic carbocycles. The lowest BCUT2D eigenvalue weighted by atomic mass is 10.1. The van der Waals surface area contributed by atoms with Gasteiger partial charge in [0.1, 0.15) is 12.4 Å². The average molecular weight is 244 g/mol. The maximum atomic E-state index is 9.49. The molecule has 0 saturated heterocycles. The number of hydrogen-bond donors (Lipinski definition) is 1. The third-order valence-electron chi connectivity index (χ3n) is 2.63. The van der Waals surface area contributed by atoms with E-state index in [4.69, 9.17) is 4.74 Å². The fourth-order valence-corrected chi connectivity index (χ4v) is 1.67. The topological polar surface area (TPSA) is 55.2 Å². The van der Waals surface area contributed by atoms with Crippen molar-refractivity contribution in [2.45, 2.75) is 26.6 Å². The Morgan fingerprint density at radius 3 is 2.61 bits per heavy atom. The molecule has 1 heterocycles. The largest absolute Gasteiger partial charge is 0.486 e. The average Bonchev–Trinajstić information content (AvgIpc) is 2.37. The monoisotopic (exact) mass is 244 g/mol. The zero-order valence-electron chi connectivity index (χ0n) is 10.5. The fourth-order valence-electron chi connectivity index (χ4n) is 1.67. The second kappa shape index (κ2) is 5.60. The van der Waals surface area contributed by atoms with Gasteiger partial charge in [-0.15, -0.1) is 0 Å². The van der Waals surface area contributed by atoms with Gasteiger partial charge in [-0.1, -0.05) is 18.2 Å². The summed E-state index contributed by atoms with van der Waals surface area (Å²) in [5, 5.41) is 9.49. The number of ether oxygens (including phenoxy) is 1. The molecule has 0 aliphatic heterocycles. The first-order chi connectivity index (χ1) is 8.66. The number of nitrogens with zero attached hydrogens (tertiary/aromatic N) is 2. The number of hydrogen-bond acceptors (Lipinski definition) is 4. The van der Waals surface area contributed by atoms with Crippen LogP contribution in [0.3, 0.4) is 0 Å². The van der Waals surface area contributed by atoms with Gasteiger partial charge in [0.25, 0.3) is 0 Å². The van der Waals surface area contributed by atoms with Crippen LogP contribution >= 0.6 is 0 Å². The number of aliphatic hydroxyl groups is 1. The standard InChI is InChI=1S/C14H16N2O2/c1-10-13(11(2)17)8-15-14(16-10)9-18-12-6-4-3-5-7-12/h3-8,11,17H,9H2,1-2H3/t11-/m1/s1. The predicted octanol–water partition coefficient (Wildman–Crippen LogP) is 2.42. The maximum Gasteiger partial charge on any atom is 0.166 e. The van der Waals surface area contributed by atoms with E-state index < -0.39 is 6.10 Å². The number of benzene rings is 1. The van der Waals surface area contributed by atoms with Gasteiger partial charge in [0.05, 0.1) is 6.10 Å². The molecular weight excluding hydrogens is 228 g/mol. The third-order valence-corrected chi connectivity index (χ3v) is 2.63. The second-order valence-electron chi connectivity index (χ2n) is 4.10. The first-order valence-electron chi connectivity index (χ1n) is 5.85. The number of aliphatic hydroxyl groups excluding tert-OH is 1. The van der Waals surface area contributed by atoms with Gasteiger partial charge in [-0.25, -0.2) is 9.97 Å². The Labute approximate surface area is 106 Å². The smallest absolute Gasteiger partial charge is 0.166 e. The minimum Gasteiger partial charge on any atom is -0.486 e. The highest BCUT2D eigenvalue weighted by molar-refractivity contribution is 5.21. The molecule has 0 bridgehead atoms. The van der Waals surface area contributed by atoms with Crippen LogP contribution < -0.4 is 4.74 Å². The minimum absolute atomic E-state index is 0.324. The highest BCUT2D eigenvalue weighted by Gasteiger charge is 2.08. The Hall–Kier alpha value is -1.94. The molecular formula is C14H16N2O2. The highest BCUT2D eigenvalue weighted by Crippen LogP contribution is 2.15.